The third kappa shape index (κ3) is 1.78. The van der Waals surface area contributed by atoms with Gasteiger partial charge in [-0.3, -0.25) is 9.97 Å². The second kappa shape index (κ2) is 3.60. The van der Waals surface area contributed by atoms with Crippen LogP contribution in [0.4, 0.5) is 0 Å². The molecule has 12 heavy (non-hydrogen) atoms. The number of aromatic nitrogens is 2. The number of hydrogen-bond donors (Lipinski definition) is 0. The van der Waals surface area contributed by atoms with E-state index in [0.717, 1.165) is 5.69 Å². The van der Waals surface area contributed by atoms with E-state index in [4.69, 9.17) is 9.47 Å². The molecule has 1 fully saturated rings. The summed E-state index contributed by atoms with van der Waals surface area (Å²) in [6.07, 6.45) is 6.36. The van der Waals surface area contributed by atoms with Gasteiger partial charge in [-0.1, -0.05) is 0 Å². The topological polar surface area (TPSA) is 44.2 Å². The molecule has 1 radical (unpaired) electrons. The summed E-state index contributed by atoms with van der Waals surface area (Å²) in [5, 5.41) is 0. The van der Waals surface area contributed by atoms with Crippen LogP contribution in [-0.4, -0.2) is 29.5 Å². The molecule has 2 heterocycles. The van der Waals surface area contributed by atoms with Crippen molar-refractivity contribution in [3.05, 3.63) is 24.3 Å². The maximum Gasteiger partial charge on any atom is 0.163 e. The average molecular weight is 165 g/mol. The van der Waals surface area contributed by atoms with E-state index in [9.17, 15) is 0 Å². The number of ether oxygens (including phenoxy) is 2. The Hall–Kier alpha value is -1.00. The van der Waals surface area contributed by atoms with E-state index in [-0.39, 0.29) is 6.29 Å². The second-order valence-corrected chi connectivity index (χ2v) is 2.51. The Morgan fingerprint density at radius 3 is 3.00 bits per heavy atom. The molecule has 1 saturated heterocycles. The van der Waals surface area contributed by atoms with Crippen molar-refractivity contribution in [1.29, 1.82) is 0 Å². The minimum Gasteiger partial charge on any atom is -0.350 e. The van der Waals surface area contributed by atoms with E-state index in [0.29, 0.717) is 19.6 Å². The molecule has 0 spiro atoms. The molecular weight excluding hydrogens is 156 g/mol. The van der Waals surface area contributed by atoms with Crippen LogP contribution in [0.25, 0.3) is 0 Å². The van der Waals surface area contributed by atoms with Crippen LogP contribution in [0, 0.1) is 6.20 Å². The van der Waals surface area contributed by atoms with E-state index in [2.05, 4.69) is 16.2 Å². The lowest BCUT2D eigenvalue weighted by molar-refractivity contribution is -0.0406. The molecule has 1 aliphatic heterocycles. The van der Waals surface area contributed by atoms with Crippen LogP contribution >= 0.6 is 0 Å². The maximum atomic E-state index is 5.26. The van der Waals surface area contributed by atoms with Gasteiger partial charge in [-0.25, -0.2) is 0 Å². The monoisotopic (exact) mass is 165 g/mol. The van der Waals surface area contributed by atoms with Gasteiger partial charge >= 0.3 is 0 Å². The molecule has 63 valence electrons. The molecule has 2 rings (SSSR count). The molecule has 1 aromatic rings. The van der Waals surface area contributed by atoms with Crippen molar-refractivity contribution in [2.24, 2.45) is 0 Å². The van der Waals surface area contributed by atoms with Crippen LogP contribution in [0.5, 0.6) is 0 Å². The van der Waals surface area contributed by atoms with Crippen molar-refractivity contribution in [1.82, 2.24) is 9.97 Å². The zero-order chi connectivity index (χ0) is 8.23. The highest BCUT2D eigenvalue weighted by molar-refractivity contribution is 4.95. The van der Waals surface area contributed by atoms with Gasteiger partial charge in [-0.05, 0) is 0 Å². The Morgan fingerprint density at radius 1 is 1.50 bits per heavy atom. The van der Waals surface area contributed by atoms with Crippen molar-refractivity contribution in [2.45, 2.75) is 12.7 Å². The molecule has 0 saturated carbocycles. The van der Waals surface area contributed by atoms with Gasteiger partial charge in [0.2, 0.25) is 0 Å². The molecule has 0 bridgehead atoms. The fourth-order valence-electron chi connectivity index (χ4n) is 1.09. The van der Waals surface area contributed by atoms with E-state index in [1.807, 2.05) is 0 Å². The summed E-state index contributed by atoms with van der Waals surface area (Å²) in [7, 11) is 0. The predicted molar refractivity (Wildman–Crippen MR) is 40.3 cm³/mol. The summed E-state index contributed by atoms with van der Waals surface area (Å²) < 4.78 is 10.5. The van der Waals surface area contributed by atoms with Gasteiger partial charge in [-0.15, -0.1) is 0 Å². The highest BCUT2D eigenvalue weighted by Crippen LogP contribution is 2.08. The second-order valence-electron chi connectivity index (χ2n) is 2.51. The van der Waals surface area contributed by atoms with E-state index >= 15 is 0 Å². The number of hydrogen-bond acceptors (Lipinski definition) is 4. The van der Waals surface area contributed by atoms with Crippen molar-refractivity contribution >= 4 is 0 Å². The van der Waals surface area contributed by atoms with Gasteiger partial charge in [0.05, 0.1) is 25.1 Å². The maximum absolute atomic E-state index is 5.26. The zero-order valence-electron chi connectivity index (χ0n) is 6.56. The normalized spacial score (nSPS) is 18.3. The molecule has 0 unspecified atom stereocenters. The fourth-order valence-corrected chi connectivity index (χ4v) is 1.09. The van der Waals surface area contributed by atoms with Gasteiger partial charge < -0.3 is 9.47 Å². The van der Waals surface area contributed by atoms with Crippen molar-refractivity contribution in [3.63, 3.8) is 0 Å². The van der Waals surface area contributed by atoms with Crippen molar-refractivity contribution in [3.8, 4) is 0 Å². The molecule has 1 aliphatic rings. The molecule has 1 aromatic heterocycles. The summed E-state index contributed by atoms with van der Waals surface area (Å²) in [6, 6.07) is 0. The fraction of sp³-hybridized carbons (Fsp3) is 0.500. The molecule has 0 aliphatic carbocycles. The average Bonchev–Trinajstić information content (AvgIpc) is 2.59. The minimum atomic E-state index is -0.137. The summed E-state index contributed by atoms with van der Waals surface area (Å²) in [5.41, 5.74) is 0.876. The largest absolute Gasteiger partial charge is 0.350 e. The third-order valence-electron chi connectivity index (χ3n) is 1.64. The first-order valence-electron chi connectivity index (χ1n) is 3.85. The Balaban J connectivity index is 1.94. The Bertz CT molecular complexity index is 234. The molecular formula is C8H9N2O2. The summed E-state index contributed by atoms with van der Waals surface area (Å²) in [5.74, 6) is 0. The zero-order valence-corrected chi connectivity index (χ0v) is 6.56. The predicted octanol–water partition coefficient (Wildman–Crippen LogP) is 0.192. The molecule has 0 N–H and O–H groups in total. The van der Waals surface area contributed by atoms with Crippen LogP contribution in [0.3, 0.4) is 0 Å². The molecule has 0 atom stereocenters. The molecule has 0 amide bonds. The van der Waals surface area contributed by atoms with E-state index in [1.165, 1.54) is 0 Å². The lowest BCUT2D eigenvalue weighted by atomic mass is 10.3. The van der Waals surface area contributed by atoms with Crippen LogP contribution in [0.1, 0.15) is 5.69 Å². The van der Waals surface area contributed by atoms with E-state index < -0.39 is 0 Å². The highest BCUT2D eigenvalue weighted by Gasteiger charge is 2.16. The Morgan fingerprint density at radius 2 is 2.33 bits per heavy atom. The summed E-state index contributed by atoms with van der Waals surface area (Å²) in [6.45, 7) is 1.36. The summed E-state index contributed by atoms with van der Waals surface area (Å²) in [4.78, 5) is 7.89. The van der Waals surface area contributed by atoms with Gasteiger partial charge in [0.25, 0.3) is 0 Å². The first kappa shape index (κ1) is 7.64. The van der Waals surface area contributed by atoms with Crippen LogP contribution < -0.4 is 0 Å². The van der Waals surface area contributed by atoms with Gasteiger partial charge in [0, 0.05) is 12.6 Å². The van der Waals surface area contributed by atoms with Gasteiger partial charge in [0.15, 0.2) is 6.29 Å². The minimum absolute atomic E-state index is 0.137. The quantitative estimate of drug-likeness (QED) is 0.627. The third-order valence-corrected chi connectivity index (χ3v) is 1.64. The van der Waals surface area contributed by atoms with Gasteiger partial charge in [0.1, 0.15) is 6.20 Å². The van der Waals surface area contributed by atoms with Crippen LogP contribution in [0.2, 0.25) is 0 Å². The van der Waals surface area contributed by atoms with Gasteiger partial charge in [-0.2, -0.15) is 0 Å². The van der Waals surface area contributed by atoms with E-state index in [1.54, 1.807) is 12.4 Å². The number of nitrogens with zero attached hydrogens (tertiary/aromatic N) is 2. The number of rotatable bonds is 2. The van der Waals surface area contributed by atoms with Crippen molar-refractivity contribution < 1.29 is 9.47 Å². The first-order valence-corrected chi connectivity index (χ1v) is 3.85. The Labute approximate surface area is 70.6 Å². The molecule has 4 heteroatoms. The van der Waals surface area contributed by atoms with Crippen LogP contribution in [0.15, 0.2) is 12.4 Å². The smallest absolute Gasteiger partial charge is 0.163 e. The SMILES string of the molecule is [c]1cnc(CC2OCCO2)cn1. The lowest BCUT2D eigenvalue weighted by Gasteiger charge is -2.06. The standard InChI is InChI=1S/C8H9N2O2/c1-2-10-7(6-9-1)5-8-11-3-4-12-8/h2,6,8H,3-5H2. The van der Waals surface area contributed by atoms with Crippen molar-refractivity contribution in [2.75, 3.05) is 13.2 Å². The van der Waals surface area contributed by atoms with Crippen LogP contribution in [-0.2, 0) is 15.9 Å². The molecule has 0 aromatic carbocycles. The highest BCUT2D eigenvalue weighted by atomic mass is 16.7. The Kier molecular flexibility index (Phi) is 2.29. The molecule has 4 nitrogen and oxygen atoms in total. The summed E-state index contributed by atoms with van der Waals surface area (Å²) >= 11 is 0. The lowest BCUT2D eigenvalue weighted by Crippen LogP contribution is -2.12. The first-order chi connectivity index (χ1) is 5.95.